The molecule has 0 atom stereocenters. The van der Waals surface area contributed by atoms with Gasteiger partial charge in [-0.15, -0.1) is 0 Å². The highest BCUT2D eigenvalue weighted by atomic mass is 32.2. The van der Waals surface area contributed by atoms with E-state index in [4.69, 9.17) is 0 Å². The Kier molecular flexibility index (Phi) is 4.84. The Morgan fingerprint density at radius 2 is 1.81 bits per heavy atom. The van der Waals surface area contributed by atoms with Crippen molar-refractivity contribution in [2.45, 2.75) is 25.7 Å². The van der Waals surface area contributed by atoms with E-state index in [1.54, 1.807) is 15.7 Å². The molecule has 0 unspecified atom stereocenters. The van der Waals surface area contributed by atoms with Crippen molar-refractivity contribution < 1.29 is 8.42 Å². The van der Waals surface area contributed by atoms with Crippen LogP contribution in [0.25, 0.3) is 5.65 Å². The molecule has 1 aliphatic rings. The van der Waals surface area contributed by atoms with Gasteiger partial charge >= 0.3 is 0 Å². The Hall–Kier alpha value is -2.45. The fourth-order valence-corrected chi connectivity index (χ4v) is 4.54. The molecule has 1 saturated heterocycles. The number of para-hydroxylation sites is 1. The van der Waals surface area contributed by atoms with Crippen molar-refractivity contribution in [3.05, 3.63) is 54.5 Å². The van der Waals surface area contributed by atoms with Crippen LogP contribution in [-0.2, 0) is 10.0 Å². The summed E-state index contributed by atoms with van der Waals surface area (Å²) < 4.78 is 27.4. The third-order valence-electron chi connectivity index (χ3n) is 4.99. The number of piperidine rings is 1. The van der Waals surface area contributed by atoms with Gasteiger partial charge in [-0.25, -0.2) is 22.2 Å². The van der Waals surface area contributed by atoms with Crippen LogP contribution in [0.5, 0.6) is 0 Å². The molecular formula is C19H23N5O2S. The fourth-order valence-electron chi connectivity index (χ4n) is 3.41. The number of aromatic nitrogens is 3. The average molecular weight is 385 g/mol. The largest absolute Gasteiger partial charge is 0.354 e. The van der Waals surface area contributed by atoms with Crippen LogP contribution < -0.4 is 5.32 Å². The number of hydrogen-bond donors (Lipinski definition) is 1. The lowest BCUT2D eigenvalue weighted by molar-refractivity contribution is 0.314. The van der Waals surface area contributed by atoms with Crippen molar-refractivity contribution in [1.29, 1.82) is 0 Å². The first kappa shape index (κ1) is 17.9. The number of fused-ring (bicyclic) bond motifs is 1. The quantitative estimate of drug-likeness (QED) is 0.730. The van der Waals surface area contributed by atoms with Crippen LogP contribution in [0, 0.1) is 0 Å². The van der Waals surface area contributed by atoms with Gasteiger partial charge in [0.15, 0.2) is 11.5 Å². The summed E-state index contributed by atoms with van der Waals surface area (Å²) in [5, 5.41) is 8.00. The van der Waals surface area contributed by atoms with Gasteiger partial charge in [0.05, 0.1) is 17.6 Å². The van der Waals surface area contributed by atoms with E-state index in [0.717, 1.165) is 35.7 Å². The third kappa shape index (κ3) is 3.81. The number of benzene rings is 1. The van der Waals surface area contributed by atoms with Crippen molar-refractivity contribution in [3.8, 4) is 0 Å². The maximum atomic E-state index is 12.0. The summed E-state index contributed by atoms with van der Waals surface area (Å²) in [5.74, 6) is 1.14. The number of pyridine rings is 1. The Morgan fingerprint density at radius 1 is 1.07 bits per heavy atom. The molecule has 3 heterocycles. The van der Waals surface area contributed by atoms with Gasteiger partial charge in [0.1, 0.15) is 0 Å². The van der Waals surface area contributed by atoms with Crippen LogP contribution in [-0.4, -0.2) is 46.2 Å². The molecule has 0 aliphatic carbocycles. The second-order valence-corrected chi connectivity index (χ2v) is 9.01. The van der Waals surface area contributed by atoms with E-state index in [2.05, 4.69) is 15.4 Å². The number of nitrogens with one attached hydrogen (secondary N) is 1. The van der Waals surface area contributed by atoms with Crippen molar-refractivity contribution in [1.82, 2.24) is 18.9 Å². The Morgan fingerprint density at radius 3 is 2.52 bits per heavy atom. The topological polar surface area (TPSA) is 79.6 Å². The minimum Gasteiger partial charge on any atom is -0.354 e. The van der Waals surface area contributed by atoms with E-state index in [9.17, 15) is 8.42 Å². The van der Waals surface area contributed by atoms with Crippen LogP contribution in [0.4, 0.5) is 11.4 Å². The molecule has 0 amide bonds. The fraction of sp³-hybridized carbons (Fsp3) is 0.368. The van der Waals surface area contributed by atoms with Crippen LogP contribution in [0.1, 0.15) is 31.5 Å². The van der Waals surface area contributed by atoms with Gasteiger partial charge in [-0.3, -0.25) is 0 Å². The molecule has 3 aromatic rings. The molecule has 0 spiro atoms. The SMILES string of the molecule is CCS(=O)(=O)N1CCC(c2nc3ccc(Nc4ccccc4)cn3n2)CC1. The molecule has 0 saturated carbocycles. The van der Waals surface area contributed by atoms with Gasteiger partial charge < -0.3 is 5.32 Å². The minimum absolute atomic E-state index is 0.154. The molecule has 1 fully saturated rings. The smallest absolute Gasteiger partial charge is 0.213 e. The molecule has 0 radical (unpaired) electrons. The Bertz CT molecular complexity index is 1020. The van der Waals surface area contributed by atoms with Crippen molar-refractivity contribution >= 4 is 27.0 Å². The van der Waals surface area contributed by atoms with E-state index < -0.39 is 10.0 Å². The van der Waals surface area contributed by atoms with Crippen LogP contribution in [0.3, 0.4) is 0 Å². The number of hydrogen-bond acceptors (Lipinski definition) is 5. The molecule has 27 heavy (non-hydrogen) atoms. The zero-order valence-corrected chi connectivity index (χ0v) is 16.1. The van der Waals surface area contributed by atoms with Gasteiger partial charge in [-0.1, -0.05) is 18.2 Å². The Labute approximate surface area is 159 Å². The van der Waals surface area contributed by atoms with Gasteiger partial charge in [0.25, 0.3) is 0 Å². The van der Waals surface area contributed by atoms with Gasteiger partial charge in [0.2, 0.25) is 10.0 Å². The molecule has 0 bridgehead atoms. The minimum atomic E-state index is -3.11. The lowest BCUT2D eigenvalue weighted by Gasteiger charge is -2.29. The van der Waals surface area contributed by atoms with Gasteiger partial charge in [0, 0.05) is 24.7 Å². The maximum absolute atomic E-state index is 12.0. The number of anilines is 2. The van der Waals surface area contributed by atoms with E-state index in [0.29, 0.717) is 13.1 Å². The Balaban J connectivity index is 1.49. The van der Waals surface area contributed by atoms with Crippen LogP contribution >= 0.6 is 0 Å². The highest BCUT2D eigenvalue weighted by Crippen LogP contribution is 2.28. The molecule has 7 nitrogen and oxygen atoms in total. The van der Waals surface area contributed by atoms with Crippen molar-refractivity contribution in [3.63, 3.8) is 0 Å². The first-order valence-electron chi connectivity index (χ1n) is 9.21. The predicted molar refractivity (Wildman–Crippen MR) is 106 cm³/mol. The highest BCUT2D eigenvalue weighted by molar-refractivity contribution is 7.89. The van der Waals surface area contributed by atoms with E-state index in [1.165, 1.54) is 0 Å². The summed E-state index contributed by atoms with van der Waals surface area (Å²) in [6.45, 7) is 2.76. The summed E-state index contributed by atoms with van der Waals surface area (Å²) in [7, 11) is -3.11. The lowest BCUT2D eigenvalue weighted by atomic mass is 9.98. The van der Waals surface area contributed by atoms with E-state index in [-0.39, 0.29) is 11.7 Å². The monoisotopic (exact) mass is 385 g/mol. The van der Waals surface area contributed by atoms with Crippen LogP contribution in [0.2, 0.25) is 0 Å². The summed E-state index contributed by atoms with van der Waals surface area (Å²) in [5.41, 5.74) is 2.75. The first-order chi connectivity index (χ1) is 13.0. The molecule has 2 aromatic heterocycles. The first-order valence-corrected chi connectivity index (χ1v) is 10.8. The number of sulfonamides is 1. The van der Waals surface area contributed by atoms with E-state index >= 15 is 0 Å². The van der Waals surface area contributed by atoms with Crippen LogP contribution in [0.15, 0.2) is 48.7 Å². The zero-order valence-electron chi connectivity index (χ0n) is 15.2. The van der Waals surface area contributed by atoms with Gasteiger partial charge in [-0.05, 0) is 44.0 Å². The summed E-state index contributed by atoms with van der Waals surface area (Å²) >= 11 is 0. The lowest BCUT2D eigenvalue weighted by Crippen LogP contribution is -2.38. The normalized spacial score (nSPS) is 16.6. The van der Waals surface area contributed by atoms with Crippen molar-refractivity contribution in [2.75, 3.05) is 24.2 Å². The van der Waals surface area contributed by atoms with Gasteiger partial charge in [-0.2, -0.15) is 5.10 Å². The summed E-state index contributed by atoms with van der Waals surface area (Å²) in [6.07, 6.45) is 3.44. The molecule has 1 aliphatic heterocycles. The van der Waals surface area contributed by atoms with E-state index in [1.807, 2.05) is 48.7 Å². The third-order valence-corrected chi connectivity index (χ3v) is 6.87. The van der Waals surface area contributed by atoms with Crippen molar-refractivity contribution in [2.24, 2.45) is 0 Å². The predicted octanol–water partition coefficient (Wildman–Crippen LogP) is 3.00. The highest BCUT2D eigenvalue weighted by Gasteiger charge is 2.29. The summed E-state index contributed by atoms with van der Waals surface area (Å²) in [6, 6.07) is 13.9. The number of nitrogens with zero attached hydrogens (tertiary/aromatic N) is 4. The molecule has 1 aromatic carbocycles. The molecule has 8 heteroatoms. The maximum Gasteiger partial charge on any atom is 0.213 e. The standard InChI is InChI=1S/C19H23N5O2S/c1-2-27(25,26)23-12-10-15(11-13-23)19-21-18-9-8-17(14-24(18)22-19)20-16-6-4-3-5-7-16/h3-9,14-15,20H,2,10-13H2,1H3. The average Bonchev–Trinajstić information content (AvgIpc) is 3.12. The second kappa shape index (κ2) is 7.28. The second-order valence-electron chi connectivity index (χ2n) is 6.76. The molecule has 4 rings (SSSR count). The molecular weight excluding hydrogens is 362 g/mol. The zero-order chi connectivity index (χ0) is 18.9. The summed E-state index contributed by atoms with van der Waals surface area (Å²) in [4.78, 5) is 4.65. The number of rotatable bonds is 5. The molecule has 1 N–H and O–H groups in total. The molecule has 142 valence electrons.